The number of piperidine rings is 1. The van der Waals surface area contributed by atoms with Gasteiger partial charge in [0.15, 0.2) is 0 Å². The number of likely N-dealkylation sites (tertiary alicyclic amines) is 1. The zero-order chi connectivity index (χ0) is 29.1. The summed E-state index contributed by atoms with van der Waals surface area (Å²) in [5.41, 5.74) is 1.63. The molecule has 0 unspecified atom stereocenters. The summed E-state index contributed by atoms with van der Waals surface area (Å²) in [5.74, 6) is 1.04. The highest BCUT2D eigenvalue weighted by Crippen LogP contribution is 2.44. The van der Waals surface area contributed by atoms with Crippen molar-refractivity contribution in [3.05, 3.63) is 59.2 Å². The lowest BCUT2D eigenvalue weighted by Crippen LogP contribution is -2.49. The van der Waals surface area contributed by atoms with Gasteiger partial charge in [0.05, 0.1) is 41.7 Å². The number of esters is 1. The number of amides is 1. The van der Waals surface area contributed by atoms with Crippen LogP contribution in [0.5, 0.6) is 11.5 Å². The molecule has 2 aromatic carbocycles. The molecule has 9 nitrogen and oxygen atoms in total. The molecular formula is C30H36ClN3O6. The van der Waals surface area contributed by atoms with Crippen LogP contribution in [0.15, 0.2) is 48.5 Å². The summed E-state index contributed by atoms with van der Waals surface area (Å²) in [6, 6.07) is 15.1. The first-order valence-electron chi connectivity index (χ1n) is 13.2. The molecule has 10 heteroatoms. The van der Waals surface area contributed by atoms with Crippen molar-refractivity contribution in [2.24, 2.45) is 0 Å². The second-order valence-electron chi connectivity index (χ2n) is 10.9. The van der Waals surface area contributed by atoms with E-state index in [2.05, 4.69) is 0 Å². The van der Waals surface area contributed by atoms with E-state index in [1.54, 1.807) is 23.8 Å². The molecule has 0 atom stereocenters. The van der Waals surface area contributed by atoms with E-state index in [0.717, 1.165) is 17.0 Å². The van der Waals surface area contributed by atoms with Crippen LogP contribution in [0, 0.1) is 0 Å². The Hall–Kier alpha value is -3.72. The highest BCUT2D eigenvalue weighted by atomic mass is 35.5. The largest absolute Gasteiger partial charge is 0.497 e. The van der Waals surface area contributed by atoms with Crippen LogP contribution in [-0.2, 0) is 19.7 Å². The summed E-state index contributed by atoms with van der Waals surface area (Å²) in [6.45, 7) is 7.79. The molecule has 0 radical (unpaired) electrons. The molecule has 40 heavy (non-hydrogen) atoms. The quantitative estimate of drug-likeness (QED) is 0.320. The van der Waals surface area contributed by atoms with Crippen LogP contribution in [-0.4, -0.2) is 66.3 Å². The van der Waals surface area contributed by atoms with Crippen molar-refractivity contribution >= 4 is 23.7 Å². The molecule has 0 bridgehead atoms. The van der Waals surface area contributed by atoms with Crippen LogP contribution >= 0.6 is 11.6 Å². The van der Waals surface area contributed by atoms with Crippen LogP contribution in [0.1, 0.15) is 46.2 Å². The molecule has 0 spiro atoms. The fraction of sp³-hybridized carbons (Fsp3) is 0.433. The van der Waals surface area contributed by atoms with E-state index in [-0.39, 0.29) is 12.7 Å². The van der Waals surface area contributed by atoms with Crippen molar-refractivity contribution in [2.75, 3.05) is 33.9 Å². The van der Waals surface area contributed by atoms with E-state index >= 15 is 0 Å². The third-order valence-corrected chi connectivity index (χ3v) is 7.29. The van der Waals surface area contributed by atoms with Gasteiger partial charge in [-0.2, -0.15) is 5.10 Å². The number of carbonyl (C=O) groups is 2. The van der Waals surface area contributed by atoms with Crippen molar-refractivity contribution in [3.63, 3.8) is 0 Å². The first-order valence-corrected chi connectivity index (χ1v) is 13.5. The van der Waals surface area contributed by atoms with Crippen molar-refractivity contribution in [1.82, 2.24) is 14.7 Å². The van der Waals surface area contributed by atoms with Crippen molar-refractivity contribution < 1.29 is 28.5 Å². The maximum absolute atomic E-state index is 12.8. The topological polar surface area (TPSA) is 92.1 Å². The standard InChI is InChI=1S/C30H36ClN3O6/c1-20(35)39-19-30(15-17-33(18-16-30)28(36)40-29(2,3)4)27-25(31)26(21-7-11-23(37-5)12-8-21)34(32-27)22-9-13-24(38-6)14-10-22/h7-14H,15-19H2,1-6H3. The molecule has 0 saturated carbocycles. The van der Waals surface area contributed by atoms with Gasteiger partial charge in [0.25, 0.3) is 0 Å². The molecule has 4 rings (SSSR count). The first-order chi connectivity index (χ1) is 19.0. The van der Waals surface area contributed by atoms with E-state index in [1.165, 1.54) is 6.92 Å². The Bertz CT molecular complexity index is 1340. The number of hydrogen-bond acceptors (Lipinski definition) is 7. The molecule has 214 valence electrons. The first kappa shape index (κ1) is 29.3. The van der Waals surface area contributed by atoms with Gasteiger partial charge >= 0.3 is 12.1 Å². The summed E-state index contributed by atoms with van der Waals surface area (Å²) in [5, 5.41) is 5.50. The van der Waals surface area contributed by atoms with Crippen LogP contribution in [0.2, 0.25) is 5.02 Å². The summed E-state index contributed by atoms with van der Waals surface area (Å²) >= 11 is 7.19. The van der Waals surface area contributed by atoms with Gasteiger partial charge in [0, 0.05) is 25.6 Å². The Morgan fingerprint density at radius 2 is 1.50 bits per heavy atom. The minimum atomic E-state index is -0.708. The van der Waals surface area contributed by atoms with Gasteiger partial charge in [-0.15, -0.1) is 0 Å². The molecule has 1 fully saturated rings. The minimum absolute atomic E-state index is 0.0892. The second-order valence-corrected chi connectivity index (χ2v) is 11.3. The molecule has 2 heterocycles. The summed E-state index contributed by atoms with van der Waals surface area (Å²) in [7, 11) is 3.23. The Labute approximate surface area is 239 Å². The Morgan fingerprint density at radius 1 is 0.950 bits per heavy atom. The van der Waals surface area contributed by atoms with Gasteiger partial charge in [0.1, 0.15) is 23.7 Å². The number of halogens is 1. The fourth-order valence-electron chi connectivity index (χ4n) is 4.78. The van der Waals surface area contributed by atoms with Crippen molar-refractivity contribution in [3.8, 4) is 28.4 Å². The number of aromatic nitrogens is 2. The number of methoxy groups -OCH3 is 2. The molecule has 1 saturated heterocycles. The lowest BCUT2D eigenvalue weighted by atomic mass is 9.76. The Kier molecular flexibility index (Phi) is 8.63. The molecule has 1 aliphatic rings. The zero-order valence-corrected chi connectivity index (χ0v) is 24.6. The SMILES string of the molecule is COc1ccc(-c2c(Cl)c(C3(COC(C)=O)CCN(C(=O)OC(C)(C)C)CC3)nn2-c2ccc(OC)cc2)cc1. The minimum Gasteiger partial charge on any atom is -0.497 e. The maximum atomic E-state index is 12.8. The summed E-state index contributed by atoms with van der Waals surface area (Å²) in [4.78, 5) is 26.4. The summed E-state index contributed by atoms with van der Waals surface area (Å²) in [6.07, 6.45) is 0.601. The third-order valence-electron chi connectivity index (χ3n) is 6.93. The molecule has 1 aromatic heterocycles. The van der Waals surface area contributed by atoms with Crippen LogP contribution in [0.25, 0.3) is 16.9 Å². The van der Waals surface area contributed by atoms with Gasteiger partial charge in [-0.25, -0.2) is 9.48 Å². The van der Waals surface area contributed by atoms with E-state index in [1.807, 2.05) is 69.3 Å². The number of benzene rings is 2. The van der Waals surface area contributed by atoms with Crippen molar-refractivity contribution in [1.29, 1.82) is 0 Å². The lowest BCUT2D eigenvalue weighted by Gasteiger charge is -2.40. The number of ether oxygens (including phenoxy) is 4. The average Bonchev–Trinajstić information content (AvgIpc) is 3.28. The molecule has 0 N–H and O–H groups in total. The number of carbonyl (C=O) groups excluding carboxylic acids is 2. The van der Waals surface area contributed by atoms with E-state index < -0.39 is 17.0 Å². The molecule has 3 aromatic rings. The second kappa shape index (κ2) is 11.8. The number of nitrogens with zero attached hydrogens (tertiary/aromatic N) is 3. The van der Waals surface area contributed by atoms with E-state index in [0.29, 0.717) is 48.1 Å². The van der Waals surface area contributed by atoms with Gasteiger partial charge in [-0.1, -0.05) is 11.6 Å². The number of rotatable bonds is 7. The van der Waals surface area contributed by atoms with E-state index in [4.69, 9.17) is 35.6 Å². The maximum Gasteiger partial charge on any atom is 0.410 e. The normalized spacial score (nSPS) is 14.9. The smallest absolute Gasteiger partial charge is 0.410 e. The van der Waals surface area contributed by atoms with Gasteiger partial charge in [-0.05, 0) is 82.1 Å². The molecule has 1 amide bonds. The van der Waals surface area contributed by atoms with Gasteiger partial charge in [0.2, 0.25) is 0 Å². The van der Waals surface area contributed by atoms with Crippen LogP contribution in [0.3, 0.4) is 0 Å². The summed E-state index contributed by atoms with van der Waals surface area (Å²) < 4.78 is 23.6. The van der Waals surface area contributed by atoms with Crippen molar-refractivity contribution in [2.45, 2.75) is 51.6 Å². The molecule has 1 aliphatic heterocycles. The fourth-order valence-corrected chi connectivity index (χ4v) is 5.21. The van der Waals surface area contributed by atoms with Gasteiger partial charge in [-0.3, -0.25) is 4.79 Å². The highest BCUT2D eigenvalue weighted by Gasteiger charge is 2.44. The predicted molar refractivity (Wildman–Crippen MR) is 152 cm³/mol. The van der Waals surface area contributed by atoms with E-state index in [9.17, 15) is 9.59 Å². The monoisotopic (exact) mass is 569 g/mol. The number of hydrogen-bond donors (Lipinski definition) is 0. The highest BCUT2D eigenvalue weighted by molar-refractivity contribution is 6.34. The molecule has 0 aliphatic carbocycles. The lowest BCUT2D eigenvalue weighted by molar-refractivity contribution is -0.143. The van der Waals surface area contributed by atoms with Gasteiger partial charge < -0.3 is 23.8 Å². The Morgan fingerprint density at radius 3 is 2.00 bits per heavy atom. The molecular weight excluding hydrogens is 534 g/mol. The zero-order valence-electron chi connectivity index (χ0n) is 23.8. The Balaban J connectivity index is 1.79. The van der Waals surface area contributed by atoms with Crippen LogP contribution < -0.4 is 9.47 Å². The van der Waals surface area contributed by atoms with Crippen LogP contribution in [0.4, 0.5) is 4.79 Å². The average molecular weight is 570 g/mol. The third kappa shape index (κ3) is 6.36. The predicted octanol–water partition coefficient (Wildman–Crippen LogP) is 6.04.